The van der Waals surface area contributed by atoms with Crippen LogP contribution in [0.25, 0.3) is 10.1 Å². The fraction of sp³-hybridized carbons (Fsp3) is 0.375. The number of hydrogen-bond donors (Lipinski definition) is 1. The van der Waals surface area contributed by atoms with Crippen LogP contribution < -0.4 is 5.32 Å². The quantitative estimate of drug-likeness (QED) is 0.879. The zero-order valence-electron chi connectivity index (χ0n) is 12.3. The standard InChI is InChI=1S/C16H17NO4S/c1-2-20-16(19)13-10-6-3-4-8-12(10)22-15(13)17-14(18)11-7-5-9-21-11/h3-4,6,8,11H,2,5,7,9H2,1H3,(H,17,18). The van der Waals surface area contributed by atoms with Crippen LogP contribution in [-0.2, 0) is 14.3 Å². The van der Waals surface area contributed by atoms with E-state index in [9.17, 15) is 9.59 Å². The van der Waals surface area contributed by atoms with Crippen molar-refractivity contribution < 1.29 is 19.1 Å². The summed E-state index contributed by atoms with van der Waals surface area (Å²) in [6, 6.07) is 7.55. The molecule has 1 fully saturated rings. The lowest BCUT2D eigenvalue weighted by Crippen LogP contribution is -2.27. The van der Waals surface area contributed by atoms with Crippen molar-refractivity contribution in [1.29, 1.82) is 0 Å². The van der Waals surface area contributed by atoms with Gasteiger partial charge in [0.1, 0.15) is 16.7 Å². The summed E-state index contributed by atoms with van der Waals surface area (Å²) in [5.41, 5.74) is 0.425. The van der Waals surface area contributed by atoms with Crippen molar-refractivity contribution in [3.05, 3.63) is 29.8 Å². The predicted molar refractivity (Wildman–Crippen MR) is 85.4 cm³/mol. The Morgan fingerprint density at radius 2 is 2.23 bits per heavy atom. The minimum Gasteiger partial charge on any atom is -0.462 e. The molecule has 0 radical (unpaired) electrons. The Hall–Kier alpha value is -1.92. The highest BCUT2D eigenvalue weighted by Gasteiger charge is 2.27. The monoisotopic (exact) mass is 319 g/mol. The van der Waals surface area contributed by atoms with Gasteiger partial charge in [-0.15, -0.1) is 11.3 Å². The van der Waals surface area contributed by atoms with Crippen molar-refractivity contribution in [1.82, 2.24) is 0 Å². The van der Waals surface area contributed by atoms with Gasteiger partial charge in [-0.3, -0.25) is 4.79 Å². The fourth-order valence-corrected chi connectivity index (χ4v) is 3.61. The zero-order valence-corrected chi connectivity index (χ0v) is 13.1. The summed E-state index contributed by atoms with van der Waals surface area (Å²) in [6.45, 7) is 2.66. The molecule has 116 valence electrons. The lowest BCUT2D eigenvalue weighted by Gasteiger charge is -2.10. The average molecular weight is 319 g/mol. The van der Waals surface area contributed by atoms with Gasteiger partial charge in [0, 0.05) is 16.7 Å². The molecule has 5 nitrogen and oxygen atoms in total. The number of fused-ring (bicyclic) bond motifs is 1. The van der Waals surface area contributed by atoms with E-state index in [0.29, 0.717) is 30.2 Å². The Balaban J connectivity index is 1.95. The van der Waals surface area contributed by atoms with Crippen LogP contribution in [-0.4, -0.2) is 31.2 Å². The summed E-state index contributed by atoms with van der Waals surface area (Å²) in [6.07, 6.45) is 1.17. The first-order valence-electron chi connectivity index (χ1n) is 7.32. The van der Waals surface area contributed by atoms with E-state index in [1.165, 1.54) is 11.3 Å². The summed E-state index contributed by atoms with van der Waals surface area (Å²) in [7, 11) is 0. The molecule has 1 aliphatic heterocycles. The third-order valence-corrected chi connectivity index (χ3v) is 4.62. The SMILES string of the molecule is CCOC(=O)c1c(NC(=O)C2CCCO2)sc2ccccc12. The van der Waals surface area contributed by atoms with Gasteiger partial charge < -0.3 is 14.8 Å². The number of carbonyl (C=O) groups is 2. The van der Waals surface area contributed by atoms with E-state index in [2.05, 4.69) is 5.32 Å². The minimum absolute atomic E-state index is 0.199. The topological polar surface area (TPSA) is 64.6 Å². The van der Waals surface area contributed by atoms with Crippen LogP contribution in [0.15, 0.2) is 24.3 Å². The molecule has 22 heavy (non-hydrogen) atoms. The number of nitrogens with one attached hydrogen (secondary N) is 1. The number of esters is 1. The largest absolute Gasteiger partial charge is 0.462 e. The van der Waals surface area contributed by atoms with Crippen LogP contribution in [0.5, 0.6) is 0 Å². The summed E-state index contributed by atoms with van der Waals surface area (Å²) >= 11 is 1.38. The predicted octanol–water partition coefficient (Wildman–Crippen LogP) is 3.20. The van der Waals surface area contributed by atoms with Crippen LogP contribution in [0, 0.1) is 0 Å². The second kappa shape index (κ2) is 6.46. The van der Waals surface area contributed by atoms with Gasteiger partial charge in [-0.05, 0) is 25.8 Å². The molecule has 3 rings (SSSR count). The van der Waals surface area contributed by atoms with Gasteiger partial charge in [0.25, 0.3) is 5.91 Å². The van der Waals surface area contributed by atoms with Crippen molar-refractivity contribution in [3.63, 3.8) is 0 Å². The molecular weight excluding hydrogens is 302 g/mol. The molecule has 2 aromatic rings. The molecule has 0 aliphatic carbocycles. The van der Waals surface area contributed by atoms with Crippen molar-refractivity contribution in [3.8, 4) is 0 Å². The Kier molecular flexibility index (Phi) is 4.40. The Bertz CT molecular complexity index is 703. The van der Waals surface area contributed by atoms with Gasteiger partial charge in [-0.25, -0.2) is 4.79 Å². The lowest BCUT2D eigenvalue weighted by atomic mass is 10.1. The number of anilines is 1. The number of rotatable bonds is 4. The maximum atomic E-state index is 12.2. The van der Waals surface area contributed by atoms with Crippen LogP contribution in [0.2, 0.25) is 0 Å². The summed E-state index contributed by atoms with van der Waals surface area (Å²) < 4.78 is 11.5. The van der Waals surface area contributed by atoms with Crippen LogP contribution >= 0.6 is 11.3 Å². The molecule has 0 saturated carbocycles. The van der Waals surface area contributed by atoms with Gasteiger partial charge >= 0.3 is 5.97 Å². The number of hydrogen-bond acceptors (Lipinski definition) is 5. The normalized spacial score (nSPS) is 17.6. The maximum Gasteiger partial charge on any atom is 0.341 e. The number of ether oxygens (including phenoxy) is 2. The molecular formula is C16H17NO4S. The first kappa shape index (κ1) is 15.0. The van der Waals surface area contributed by atoms with E-state index in [1.807, 2.05) is 24.3 Å². The molecule has 1 aromatic heterocycles. The van der Waals surface area contributed by atoms with Crippen molar-refractivity contribution in [2.75, 3.05) is 18.5 Å². The van der Waals surface area contributed by atoms with Gasteiger partial charge in [-0.2, -0.15) is 0 Å². The molecule has 1 saturated heterocycles. The van der Waals surface area contributed by atoms with E-state index >= 15 is 0 Å². The zero-order chi connectivity index (χ0) is 15.5. The maximum absolute atomic E-state index is 12.2. The summed E-state index contributed by atoms with van der Waals surface area (Å²) in [5, 5.41) is 4.16. The summed E-state index contributed by atoms with van der Waals surface area (Å²) in [4.78, 5) is 24.5. The molecule has 0 spiro atoms. The second-order valence-corrected chi connectivity index (χ2v) is 6.07. The molecule has 1 amide bonds. The average Bonchev–Trinajstić information content (AvgIpc) is 3.14. The molecule has 2 heterocycles. The smallest absolute Gasteiger partial charge is 0.341 e. The number of amides is 1. The highest BCUT2D eigenvalue weighted by Crippen LogP contribution is 2.36. The van der Waals surface area contributed by atoms with Gasteiger partial charge in [0.15, 0.2) is 0 Å². The van der Waals surface area contributed by atoms with E-state index in [4.69, 9.17) is 9.47 Å². The van der Waals surface area contributed by atoms with E-state index in [-0.39, 0.29) is 5.91 Å². The van der Waals surface area contributed by atoms with E-state index < -0.39 is 12.1 Å². The number of thiophene rings is 1. The van der Waals surface area contributed by atoms with E-state index in [0.717, 1.165) is 16.5 Å². The second-order valence-electron chi connectivity index (χ2n) is 5.01. The van der Waals surface area contributed by atoms with Gasteiger partial charge in [0.2, 0.25) is 0 Å². The molecule has 6 heteroatoms. The van der Waals surface area contributed by atoms with Crippen molar-refractivity contribution in [2.45, 2.75) is 25.9 Å². The molecule has 1 N–H and O–H groups in total. The highest BCUT2D eigenvalue weighted by atomic mass is 32.1. The first-order chi connectivity index (χ1) is 10.7. The Morgan fingerprint density at radius 1 is 1.41 bits per heavy atom. The van der Waals surface area contributed by atoms with Crippen molar-refractivity contribution in [2.24, 2.45) is 0 Å². The molecule has 0 bridgehead atoms. The third kappa shape index (κ3) is 2.84. The van der Waals surface area contributed by atoms with E-state index in [1.54, 1.807) is 6.92 Å². The van der Waals surface area contributed by atoms with Gasteiger partial charge in [0.05, 0.1) is 6.61 Å². The fourth-order valence-electron chi connectivity index (χ4n) is 2.52. The number of benzene rings is 1. The Labute approximate surface area is 132 Å². The highest BCUT2D eigenvalue weighted by molar-refractivity contribution is 7.23. The third-order valence-electron chi connectivity index (χ3n) is 3.53. The summed E-state index contributed by atoms with van der Waals surface area (Å²) in [5.74, 6) is -0.614. The molecule has 1 aromatic carbocycles. The van der Waals surface area contributed by atoms with Crippen LogP contribution in [0.1, 0.15) is 30.1 Å². The lowest BCUT2D eigenvalue weighted by molar-refractivity contribution is -0.124. The number of carbonyl (C=O) groups excluding carboxylic acids is 2. The molecule has 1 aliphatic rings. The van der Waals surface area contributed by atoms with Crippen molar-refractivity contribution >= 4 is 38.3 Å². The first-order valence-corrected chi connectivity index (χ1v) is 8.13. The van der Waals surface area contributed by atoms with Gasteiger partial charge in [-0.1, -0.05) is 18.2 Å². The minimum atomic E-state index is -0.430. The molecule has 1 unspecified atom stereocenters. The Morgan fingerprint density at radius 3 is 2.95 bits per heavy atom. The molecule has 1 atom stereocenters. The van der Waals surface area contributed by atoms with Crippen LogP contribution in [0.3, 0.4) is 0 Å². The van der Waals surface area contributed by atoms with Crippen LogP contribution in [0.4, 0.5) is 5.00 Å².